The van der Waals surface area contributed by atoms with Crippen molar-refractivity contribution in [2.45, 2.75) is 6.54 Å². The average Bonchev–Trinajstić information content (AvgIpc) is 2.90. The third kappa shape index (κ3) is 3.30. The fourth-order valence-corrected chi connectivity index (χ4v) is 2.21. The van der Waals surface area contributed by atoms with E-state index in [1.807, 2.05) is 36.4 Å². The van der Waals surface area contributed by atoms with Crippen LogP contribution >= 0.6 is 0 Å². The number of nitrogens with zero attached hydrogens (tertiary/aromatic N) is 1. The number of H-pyrrole nitrogens is 1. The summed E-state index contributed by atoms with van der Waals surface area (Å²) in [6, 6.07) is 18.3. The van der Waals surface area contributed by atoms with Crippen molar-refractivity contribution in [1.82, 2.24) is 15.1 Å². The highest BCUT2D eigenvalue weighted by Gasteiger charge is 2.17. The van der Waals surface area contributed by atoms with Crippen LogP contribution in [0.25, 0.3) is 5.69 Å². The molecule has 1 heterocycles. The van der Waals surface area contributed by atoms with Crippen LogP contribution in [0, 0.1) is 0 Å². The number of nitrogens with one attached hydrogen (secondary N) is 2. The van der Waals surface area contributed by atoms with Crippen molar-refractivity contribution >= 4 is 11.9 Å². The smallest absolute Gasteiger partial charge is 0.400 e. The predicted octanol–water partition coefficient (Wildman–Crippen LogP) is 2.04. The molecule has 0 atom stereocenters. The van der Waals surface area contributed by atoms with E-state index in [1.54, 1.807) is 24.3 Å². The molecule has 24 heavy (non-hydrogen) atoms. The van der Waals surface area contributed by atoms with Crippen LogP contribution in [0.3, 0.4) is 0 Å². The molecule has 3 aromatic rings. The molecule has 3 rings (SSSR count). The van der Waals surface area contributed by atoms with Gasteiger partial charge in [0, 0.05) is 6.54 Å². The zero-order chi connectivity index (χ0) is 16.9. The van der Waals surface area contributed by atoms with E-state index < -0.39 is 11.7 Å². The lowest BCUT2D eigenvalue weighted by atomic mass is 10.2. The lowest BCUT2D eigenvalue weighted by molar-refractivity contribution is 0.200. The quantitative estimate of drug-likeness (QED) is 0.683. The van der Waals surface area contributed by atoms with Gasteiger partial charge in [-0.3, -0.25) is 9.89 Å². The first-order chi connectivity index (χ1) is 11.6. The second-order valence-electron chi connectivity index (χ2n) is 5.05. The minimum atomic E-state index is -0.748. The Hall–Kier alpha value is -3.48. The maximum absolute atomic E-state index is 12.0. The van der Waals surface area contributed by atoms with Gasteiger partial charge in [0.25, 0.3) is 0 Å². The third-order valence-electron chi connectivity index (χ3n) is 3.38. The molecule has 0 aliphatic rings. The number of aromatic amines is 1. The highest BCUT2D eigenvalue weighted by molar-refractivity contribution is 5.72. The van der Waals surface area contributed by atoms with Crippen LogP contribution in [0.5, 0.6) is 5.75 Å². The Labute approximate surface area is 137 Å². The summed E-state index contributed by atoms with van der Waals surface area (Å²) < 4.78 is 6.42. The number of benzene rings is 2. The van der Waals surface area contributed by atoms with Crippen molar-refractivity contribution in [3.8, 4) is 11.4 Å². The van der Waals surface area contributed by atoms with E-state index in [0.29, 0.717) is 5.69 Å². The molecular weight excluding hydrogens is 308 g/mol. The summed E-state index contributed by atoms with van der Waals surface area (Å²) in [6.45, 7) is 0.289. The maximum atomic E-state index is 12.0. The van der Waals surface area contributed by atoms with E-state index in [-0.39, 0.29) is 18.1 Å². The van der Waals surface area contributed by atoms with E-state index in [1.165, 1.54) is 4.68 Å². The summed E-state index contributed by atoms with van der Waals surface area (Å²) >= 11 is 0. The van der Waals surface area contributed by atoms with Gasteiger partial charge in [-0.05, 0) is 17.7 Å². The minimum Gasteiger partial charge on any atom is -0.400 e. The van der Waals surface area contributed by atoms with E-state index in [4.69, 9.17) is 10.5 Å². The van der Waals surface area contributed by atoms with Crippen LogP contribution in [0.1, 0.15) is 5.56 Å². The van der Waals surface area contributed by atoms with Crippen LogP contribution < -0.4 is 21.3 Å². The predicted molar refractivity (Wildman–Crippen MR) is 90.1 cm³/mol. The van der Waals surface area contributed by atoms with Crippen molar-refractivity contribution in [1.29, 1.82) is 0 Å². The van der Waals surface area contributed by atoms with Gasteiger partial charge in [0.15, 0.2) is 5.82 Å². The standard InChI is InChI=1S/C17H16N4O3/c18-15-14(16(22)20-21(15)13-9-5-2-6-10-13)24-17(23)19-11-12-7-3-1-4-8-12/h1-10H,11,18H2,(H,19,23)(H,20,22). The van der Waals surface area contributed by atoms with Crippen LogP contribution in [0.2, 0.25) is 0 Å². The van der Waals surface area contributed by atoms with Gasteiger partial charge in [-0.25, -0.2) is 9.48 Å². The number of nitrogen functional groups attached to an aromatic ring is 1. The average molecular weight is 324 g/mol. The summed E-state index contributed by atoms with van der Waals surface area (Å²) in [6.07, 6.45) is -0.748. The summed E-state index contributed by atoms with van der Waals surface area (Å²) in [4.78, 5) is 23.9. The zero-order valence-corrected chi connectivity index (χ0v) is 12.7. The number of ether oxygens (including phenoxy) is 1. The van der Waals surface area contributed by atoms with Crippen molar-refractivity contribution in [2.24, 2.45) is 0 Å². The maximum Gasteiger partial charge on any atom is 0.413 e. The minimum absolute atomic E-state index is 0.0288. The number of rotatable bonds is 4. The second kappa shape index (κ2) is 6.74. The molecule has 7 heteroatoms. The molecule has 0 spiro atoms. The first-order valence-corrected chi connectivity index (χ1v) is 7.30. The number of para-hydroxylation sites is 1. The molecule has 0 fully saturated rings. The molecule has 0 aliphatic heterocycles. The van der Waals surface area contributed by atoms with Crippen molar-refractivity contribution < 1.29 is 9.53 Å². The van der Waals surface area contributed by atoms with Crippen LogP contribution in [0.15, 0.2) is 65.5 Å². The number of carbonyl (C=O) groups excluding carboxylic acids is 1. The number of hydrogen-bond donors (Lipinski definition) is 3. The molecule has 1 aromatic heterocycles. The summed E-state index contributed by atoms with van der Waals surface area (Å²) in [5.41, 5.74) is 6.91. The zero-order valence-electron chi connectivity index (χ0n) is 12.7. The second-order valence-corrected chi connectivity index (χ2v) is 5.05. The summed E-state index contributed by atoms with van der Waals surface area (Å²) in [7, 11) is 0. The summed E-state index contributed by atoms with van der Waals surface area (Å²) in [5, 5.41) is 5.11. The van der Waals surface area contributed by atoms with Gasteiger partial charge in [-0.15, -0.1) is 0 Å². The van der Waals surface area contributed by atoms with E-state index in [9.17, 15) is 9.59 Å². The molecule has 1 amide bonds. The molecule has 0 aliphatic carbocycles. The Morgan fingerprint density at radius 2 is 1.71 bits per heavy atom. The molecule has 4 N–H and O–H groups in total. The lowest BCUT2D eigenvalue weighted by Gasteiger charge is -2.07. The number of anilines is 1. The molecule has 0 saturated carbocycles. The van der Waals surface area contributed by atoms with Crippen LogP contribution in [-0.2, 0) is 6.54 Å². The Balaban J connectivity index is 1.72. The topological polar surface area (TPSA) is 102 Å². The number of amides is 1. The number of carbonyl (C=O) groups is 1. The van der Waals surface area contributed by atoms with Crippen molar-refractivity contribution in [3.63, 3.8) is 0 Å². The van der Waals surface area contributed by atoms with E-state index in [2.05, 4.69) is 10.4 Å². The van der Waals surface area contributed by atoms with Gasteiger partial charge in [-0.2, -0.15) is 0 Å². The van der Waals surface area contributed by atoms with Gasteiger partial charge >= 0.3 is 11.7 Å². The fraction of sp³-hybridized carbons (Fsp3) is 0.0588. The molecule has 2 aromatic carbocycles. The normalized spacial score (nSPS) is 10.3. The van der Waals surface area contributed by atoms with Crippen LogP contribution in [-0.4, -0.2) is 15.9 Å². The third-order valence-corrected chi connectivity index (χ3v) is 3.38. The van der Waals surface area contributed by atoms with Crippen molar-refractivity contribution in [2.75, 3.05) is 5.73 Å². The fourth-order valence-electron chi connectivity index (χ4n) is 2.21. The van der Waals surface area contributed by atoms with Gasteiger partial charge in [0.1, 0.15) is 0 Å². The summed E-state index contributed by atoms with van der Waals surface area (Å²) in [5.74, 6) is -0.203. The highest BCUT2D eigenvalue weighted by Crippen LogP contribution is 2.19. The Kier molecular flexibility index (Phi) is 4.33. The van der Waals surface area contributed by atoms with Gasteiger partial charge < -0.3 is 15.8 Å². The van der Waals surface area contributed by atoms with E-state index >= 15 is 0 Å². The van der Waals surface area contributed by atoms with Gasteiger partial charge in [0.2, 0.25) is 5.75 Å². The molecule has 122 valence electrons. The monoisotopic (exact) mass is 324 g/mol. The molecule has 0 bridgehead atoms. The first kappa shape index (κ1) is 15.4. The molecule has 7 nitrogen and oxygen atoms in total. The molecule has 0 radical (unpaired) electrons. The van der Waals surface area contributed by atoms with Gasteiger partial charge in [-0.1, -0.05) is 48.5 Å². The van der Waals surface area contributed by atoms with Crippen molar-refractivity contribution in [3.05, 3.63) is 76.6 Å². The molecule has 0 unspecified atom stereocenters. The van der Waals surface area contributed by atoms with E-state index in [0.717, 1.165) is 5.56 Å². The molecular formula is C17H16N4O3. The number of hydrogen-bond acceptors (Lipinski definition) is 4. The Bertz CT molecular complexity index is 885. The Morgan fingerprint density at radius 1 is 1.08 bits per heavy atom. The highest BCUT2D eigenvalue weighted by atomic mass is 16.6. The Morgan fingerprint density at radius 3 is 2.38 bits per heavy atom. The first-order valence-electron chi connectivity index (χ1n) is 7.30. The largest absolute Gasteiger partial charge is 0.413 e. The van der Waals surface area contributed by atoms with Crippen LogP contribution in [0.4, 0.5) is 10.6 Å². The number of aromatic nitrogens is 2. The number of nitrogens with two attached hydrogens (primary N) is 1. The lowest BCUT2D eigenvalue weighted by Crippen LogP contribution is -2.28. The van der Waals surface area contributed by atoms with Gasteiger partial charge in [0.05, 0.1) is 5.69 Å². The SMILES string of the molecule is Nc1c(OC(=O)NCc2ccccc2)c(=O)[nH]n1-c1ccccc1. The molecule has 0 saturated heterocycles.